The molecular weight excluding hydrogens is 476 g/mol. The van der Waals surface area contributed by atoms with Gasteiger partial charge in [-0.2, -0.15) is 5.10 Å². The number of aryl methyl sites for hydroxylation is 2. The third kappa shape index (κ3) is 4.96. The first-order chi connectivity index (χ1) is 18.0. The molecule has 4 heterocycles. The number of hydrogen-bond donors (Lipinski definition) is 2. The van der Waals surface area contributed by atoms with Crippen LogP contribution in [0.3, 0.4) is 0 Å². The summed E-state index contributed by atoms with van der Waals surface area (Å²) in [4.78, 5) is 14.2. The van der Waals surface area contributed by atoms with Gasteiger partial charge >= 0.3 is 0 Å². The second kappa shape index (κ2) is 10.7. The Kier molecular flexibility index (Phi) is 7.23. The monoisotopic (exact) mass is 507 g/mol. The van der Waals surface area contributed by atoms with Crippen molar-refractivity contribution in [1.29, 1.82) is 0 Å². The molecule has 4 aromatic rings. The van der Waals surface area contributed by atoms with Crippen LogP contribution in [-0.2, 0) is 23.0 Å². The maximum Gasteiger partial charge on any atom is 0.264 e. The molecule has 3 N–H and O–H groups in total. The molecule has 0 bridgehead atoms. The number of halogens is 2. The summed E-state index contributed by atoms with van der Waals surface area (Å²) >= 11 is 0. The van der Waals surface area contributed by atoms with Crippen LogP contribution in [0.1, 0.15) is 48.3 Å². The molecule has 0 unspecified atom stereocenters. The summed E-state index contributed by atoms with van der Waals surface area (Å²) in [6.07, 6.45) is 6.98. The Balaban J connectivity index is 0.000000892. The minimum absolute atomic E-state index is 0.0611. The molecule has 2 aromatic carbocycles. The Morgan fingerprint density at radius 3 is 2.70 bits per heavy atom. The second-order valence-electron chi connectivity index (χ2n) is 9.53. The zero-order chi connectivity index (χ0) is 25.9. The number of H-pyrrole nitrogens is 1. The third-order valence-corrected chi connectivity index (χ3v) is 7.27. The fourth-order valence-corrected chi connectivity index (χ4v) is 5.58. The average Bonchev–Trinajstić information content (AvgIpc) is 3.57. The number of aromatic nitrogens is 3. The first kappa shape index (κ1) is 25.0. The number of nitrogens with zero attached hydrogens (tertiary/aromatic N) is 3. The zero-order valence-corrected chi connectivity index (χ0v) is 20.8. The summed E-state index contributed by atoms with van der Waals surface area (Å²) < 4.78 is 35.7. The smallest absolute Gasteiger partial charge is 0.264 e. The van der Waals surface area contributed by atoms with E-state index < -0.39 is 6.43 Å². The number of alkyl halides is 2. The van der Waals surface area contributed by atoms with Crippen molar-refractivity contribution in [2.45, 2.75) is 38.0 Å². The van der Waals surface area contributed by atoms with Crippen LogP contribution in [0.5, 0.6) is 0 Å². The molecule has 37 heavy (non-hydrogen) atoms. The van der Waals surface area contributed by atoms with Crippen molar-refractivity contribution < 1.29 is 18.3 Å². The second-order valence-corrected chi connectivity index (χ2v) is 9.53. The molecule has 0 atom stereocenters. The Bertz CT molecular complexity index is 1390. The molecule has 1 saturated heterocycles. The van der Waals surface area contributed by atoms with Crippen LogP contribution in [0.15, 0.2) is 48.9 Å². The highest BCUT2D eigenvalue weighted by Crippen LogP contribution is 2.43. The van der Waals surface area contributed by atoms with Gasteiger partial charge in [0.1, 0.15) is 0 Å². The number of aromatic amines is 1. The number of anilines is 2. The first-order valence-electron chi connectivity index (χ1n) is 12.6. The van der Waals surface area contributed by atoms with Crippen LogP contribution in [0.4, 0.5) is 20.2 Å². The summed E-state index contributed by atoms with van der Waals surface area (Å²) in [5.41, 5.74) is 11.1. The van der Waals surface area contributed by atoms with Gasteiger partial charge in [0, 0.05) is 72.6 Å². The van der Waals surface area contributed by atoms with Crippen LogP contribution in [0.2, 0.25) is 0 Å². The van der Waals surface area contributed by atoms with Gasteiger partial charge in [-0.3, -0.25) is 9.48 Å². The van der Waals surface area contributed by atoms with Gasteiger partial charge in [0.05, 0.1) is 6.20 Å². The van der Waals surface area contributed by atoms with E-state index in [0.717, 1.165) is 73.3 Å². The number of amides is 1. The van der Waals surface area contributed by atoms with Crippen molar-refractivity contribution in [3.8, 4) is 11.1 Å². The Morgan fingerprint density at radius 1 is 1.22 bits per heavy atom. The highest BCUT2D eigenvalue weighted by molar-refractivity contribution is 5.89. The molecule has 2 aliphatic heterocycles. The lowest BCUT2D eigenvalue weighted by molar-refractivity contribution is -0.106. The zero-order valence-electron chi connectivity index (χ0n) is 20.8. The quantitative estimate of drug-likeness (QED) is 0.353. The lowest BCUT2D eigenvalue weighted by Gasteiger charge is -2.33. The molecule has 0 aliphatic carbocycles. The van der Waals surface area contributed by atoms with Crippen molar-refractivity contribution in [3.63, 3.8) is 0 Å². The van der Waals surface area contributed by atoms with Crippen molar-refractivity contribution >= 4 is 28.7 Å². The summed E-state index contributed by atoms with van der Waals surface area (Å²) in [5.74, 6) is 0.434. The van der Waals surface area contributed by atoms with E-state index in [-0.39, 0.29) is 12.0 Å². The van der Waals surface area contributed by atoms with Gasteiger partial charge < -0.3 is 20.4 Å². The van der Waals surface area contributed by atoms with Gasteiger partial charge in [-0.1, -0.05) is 0 Å². The van der Waals surface area contributed by atoms with Crippen molar-refractivity contribution in [3.05, 3.63) is 65.6 Å². The molecule has 0 spiro atoms. The molecule has 7 nitrogen and oxygen atoms in total. The van der Waals surface area contributed by atoms with E-state index in [1.165, 1.54) is 11.1 Å². The maximum absolute atomic E-state index is 14.2. The number of ether oxygens (including phenoxy) is 1. The van der Waals surface area contributed by atoms with Crippen LogP contribution in [0, 0.1) is 0 Å². The maximum atomic E-state index is 14.2. The number of carbonyl (C=O) groups excluding carboxylic acids is 1. The van der Waals surface area contributed by atoms with Crippen LogP contribution in [0.25, 0.3) is 22.0 Å². The standard InChI is InChI=1S/C27H28F2N4O.CH3NO/c1-32-16-20(15-31-32)22-12-18-3-2-8-33(25(18)14-24(22)27(28)29)21-11-19-4-7-30-26(19)23(13-21)17-5-9-34-10-6-17;2-1-3/h4,7,11-17,27,30H,2-3,5-6,8-10H2,1H3;1H,(H2,2,3). The van der Waals surface area contributed by atoms with Crippen LogP contribution >= 0.6 is 0 Å². The largest absolute Gasteiger partial charge is 0.381 e. The number of fused-ring (bicyclic) bond motifs is 2. The van der Waals surface area contributed by atoms with E-state index in [1.54, 1.807) is 30.2 Å². The minimum atomic E-state index is -2.56. The molecule has 2 aromatic heterocycles. The summed E-state index contributed by atoms with van der Waals surface area (Å²) in [5, 5.41) is 5.35. The fraction of sp³-hybridized carbons (Fsp3) is 0.357. The minimum Gasteiger partial charge on any atom is -0.381 e. The number of rotatable bonds is 4. The number of nitrogens with one attached hydrogen (secondary N) is 1. The number of nitrogens with two attached hydrogens (primary N) is 1. The Labute approximate surface area is 214 Å². The van der Waals surface area contributed by atoms with E-state index >= 15 is 0 Å². The molecule has 9 heteroatoms. The number of primary amides is 1. The van der Waals surface area contributed by atoms with Crippen molar-refractivity contribution in [2.24, 2.45) is 12.8 Å². The van der Waals surface area contributed by atoms with Gasteiger partial charge in [0.25, 0.3) is 6.43 Å². The molecule has 194 valence electrons. The highest BCUT2D eigenvalue weighted by Gasteiger charge is 2.26. The summed E-state index contributed by atoms with van der Waals surface area (Å²) in [7, 11) is 1.80. The average molecular weight is 508 g/mol. The Morgan fingerprint density at radius 2 is 2.00 bits per heavy atom. The van der Waals surface area contributed by atoms with Gasteiger partial charge in [-0.25, -0.2) is 8.78 Å². The number of benzene rings is 2. The van der Waals surface area contributed by atoms with Gasteiger partial charge in [-0.15, -0.1) is 0 Å². The lowest BCUT2D eigenvalue weighted by atomic mass is 9.89. The molecule has 0 saturated carbocycles. The van der Waals surface area contributed by atoms with Crippen LogP contribution < -0.4 is 10.6 Å². The highest BCUT2D eigenvalue weighted by atomic mass is 19.3. The van der Waals surface area contributed by atoms with E-state index in [1.807, 2.05) is 12.3 Å². The number of hydrogen-bond acceptors (Lipinski definition) is 4. The van der Waals surface area contributed by atoms with Gasteiger partial charge in [-0.05, 0) is 78.6 Å². The molecule has 1 amide bonds. The van der Waals surface area contributed by atoms with Crippen LogP contribution in [-0.4, -0.2) is 40.9 Å². The molecular formula is C28H31F2N5O2. The third-order valence-electron chi connectivity index (χ3n) is 7.27. The molecule has 2 aliphatic rings. The predicted octanol–water partition coefficient (Wildman–Crippen LogP) is 5.59. The first-order valence-corrected chi connectivity index (χ1v) is 12.6. The lowest BCUT2D eigenvalue weighted by Crippen LogP contribution is -2.25. The van der Waals surface area contributed by atoms with E-state index in [4.69, 9.17) is 9.53 Å². The van der Waals surface area contributed by atoms with E-state index in [9.17, 15) is 8.78 Å². The summed E-state index contributed by atoms with van der Waals surface area (Å²) in [6, 6.07) is 10.2. The molecule has 1 fully saturated rings. The molecule has 0 radical (unpaired) electrons. The normalized spacial score (nSPS) is 15.9. The molecule has 6 rings (SSSR count). The van der Waals surface area contributed by atoms with E-state index in [2.05, 4.69) is 38.9 Å². The topological polar surface area (TPSA) is 89.2 Å². The van der Waals surface area contributed by atoms with Gasteiger partial charge in [0.15, 0.2) is 0 Å². The number of carbonyl (C=O) groups is 1. The predicted molar refractivity (Wildman–Crippen MR) is 140 cm³/mol. The van der Waals surface area contributed by atoms with Crippen molar-refractivity contribution in [1.82, 2.24) is 14.8 Å². The van der Waals surface area contributed by atoms with E-state index in [0.29, 0.717) is 11.5 Å². The van der Waals surface area contributed by atoms with Crippen molar-refractivity contribution in [2.75, 3.05) is 24.7 Å². The Hall–Kier alpha value is -3.72. The van der Waals surface area contributed by atoms with Gasteiger partial charge in [0.2, 0.25) is 6.41 Å². The SMILES string of the molecule is Cn1cc(-c2cc3c(cc2C(F)F)N(c2cc(C4CCOCC4)c4[nH]ccc4c2)CCC3)cn1.NC=O. The fourth-order valence-electron chi connectivity index (χ4n) is 5.58. The summed E-state index contributed by atoms with van der Waals surface area (Å²) in [6.45, 7) is 2.36.